The molecule has 2 atom stereocenters. The maximum absolute atomic E-state index is 13.0. The summed E-state index contributed by atoms with van der Waals surface area (Å²) in [5.41, 5.74) is -0.850. The van der Waals surface area contributed by atoms with Gasteiger partial charge in [0.25, 0.3) is 17.3 Å². The second-order valence-corrected chi connectivity index (χ2v) is 8.36. The van der Waals surface area contributed by atoms with Crippen LogP contribution in [0, 0.1) is 31.1 Å². The third-order valence-electron chi connectivity index (χ3n) is 5.29. The SMILES string of the molecule is CC1(C)C[C@H]2C[C@](C)(CN2C(=O)c2ccc([N+](=O)[O-])cc2[N+](=O)[O-])C1. The third kappa shape index (κ3) is 3.08. The monoisotopic (exact) mass is 347 g/mol. The lowest BCUT2D eigenvalue weighted by atomic mass is 9.65. The average molecular weight is 347 g/mol. The van der Waals surface area contributed by atoms with Gasteiger partial charge in [0, 0.05) is 18.7 Å². The smallest absolute Gasteiger partial charge is 0.289 e. The van der Waals surface area contributed by atoms with Crippen molar-refractivity contribution in [1.82, 2.24) is 4.90 Å². The van der Waals surface area contributed by atoms with Gasteiger partial charge in [-0.15, -0.1) is 0 Å². The van der Waals surface area contributed by atoms with Crippen molar-refractivity contribution in [3.63, 3.8) is 0 Å². The molecule has 3 rings (SSSR count). The fourth-order valence-corrected chi connectivity index (χ4v) is 4.82. The number of nitro groups is 2. The Hall–Kier alpha value is -2.51. The first-order valence-electron chi connectivity index (χ1n) is 8.25. The van der Waals surface area contributed by atoms with Crippen LogP contribution in [0.5, 0.6) is 0 Å². The van der Waals surface area contributed by atoms with Crippen LogP contribution >= 0.6 is 0 Å². The normalized spacial score (nSPS) is 27.2. The molecule has 2 fully saturated rings. The number of nitrogens with zero attached hydrogens (tertiary/aromatic N) is 3. The second-order valence-electron chi connectivity index (χ2n) is 8.36. The van der Waals surface area contributed by atoms with E-state index in [4.69, 9.17) is 0 Å². The highest BCUT2D eigenvalue weighted by molar-refractivity contribution is 5.99. The molecule has 1 aromatic carbocycles. The topological polar surface area (TPSA) is 107 Å². The highest BCUT2D eigenvalue weighted by atomic mass is 16.6. The Morgan fingerprint density at radius 3 is 2.44 bits per heavy atom. The van der Waals surface area contributed by atoms with Crippen molar-refractivity contribution in [2.24, 2.45) is 10.8 Å². The Bertz CT molecular complexity index is 776. The summed E-state index contributed by atoms with van der Waals surface area (Å²) in [6, 6.07) is 3.26. The summed E-state index contributed by atoms with van der Waals surface area (Å²) in [5, 5.41) is 22.2. The molecule has 1 aromatic rings. The maximum atomic E-state index is 13.0. The average Bonchev–Trinajstić information content (AvgIpc) is 2.74. The molecule has 1 saturated carbocycles. The van der Waals surface area contributed by atoms with Crippen LogP contribution in [0.1, 0.15) is 50.4 Å². The molecule has 1 aliphatic carbocycles. The Labute approximate surface area is 145 Å². The zero-order valence-electron chi connectivity index (χ0n) is 14.5. The number of carbonyl (C=O) groups excluding carboxylic acids is 1. The van der Waals surface area contributed by atoms with Crippen LogP contribution in [0.4, 0.5) is 11.4 Å². The van der Waals surface area contributed by atoms with Gasteiger partial charge in [-0.1, -0.05) is 20.8 Å². The third-order valence-corrected chi connectivity index (χ3v) is 5.29. The number of amides is 1. The molecule has 25 heavy (non-hydrogen) atoms. The van der Waals surface area contributed by atoms with Crippen molar-refractivity contribution in [3.8, 4) is 0 Å². The molecule has 0 radical (unpaired) electrons. The van der Waals surface area contributed by atoms with Gasteiger partial charge >= 0.3 is 0 Å². The van der Waals surface area contributed by atoms with E-state index in [2.05, 4.69) is 20.8 Å². The van der Waals surface area contributed by atoms with E-state index < -0.39 is 27.1 Å². The zero-order valence-corrected chi connectivity index (χ0v) is 14.5. The summed E-state index contributed by atoms with van der Waals surface area (Å²) in [4.78, 5) is 35.5. The Morgan fingerprint density at radius 2 is 1.84 bits per heavy atom. The minimum atomic E-state index is -0.728. The maximum Gasteiger partial charge on any atom is 0.289 e. The number of benzene rings is 1. The number of nitro benzene ring substituents is 2. The zero-order chi connectivity index (χ0) is 18.6. The van der Waals surface area contributed by atoms with E-state index in [0.29, 0.717) is 6.54 Å². The summed E-state index contributed by atoms with van der Waals surface area (Å²) in [6.45, 7) is 7.08. The van der Waals surface area contributed by atoms with Crippen molar-refractivity contribution >= 4 is 17.3 Å². The summed E-state index contributed by atoms with van der Waals surface area (Å²) in [6.07, 6.45) is 2.75. The number of hydrogen-bond donors (Lipinski definition) is 0. The van der Waals surface area contributed by atoms with Crippen LogP contribution in [0.25, 0.3) is 0 Å². The van der Waals surface area contributed by atoms with Crippen LogP contribution in [-0.4, -0.2) is 33.2 Å². The highest BCUT2D eigenvalue weighted by Crippen LogP contribution is 2.52. The number of rotatable bonds is 3. The van der Waals surface area contributed by atoms with Crippen LogP contribution in [0.3, 0.4) is 0 Å². The molecule has 0 unspecified atom stereocenters. The number of fused-ring (bicyclic) bond motifs is 2. The van der Waals surface area contributed by atoms with Crippen LogP contribution in [0.15, 0.2) is 18.2 Å². The number of carbonyl (C=O) groups is 1. The molecule has 134 valence electrons. The van der Waals surface area contributed by atoms with Gasteiger partial charge in [-0.2, -0.15) is 0 Å². The summed E-state index contributed by atoms with van der Waals surface area (Å²) in [7, 11) is 0. The van der Waals surface area contributed by atoms with E-state index >= 15 is 0 Å². The van der Waals surface area contributed by atoms with Crippen molar-refractivity contribution in [1.29, 1.82) is 0 Å². The first-order chi connectivity index (χ1) is 11.5. The molecule has 8 nitrogen and oxygen atoms in total. The number of likely N-dealkylation sites (tertiary alicyclic amines) is 1. The molecule has 8 heteroatoms. The Morgan fingerprint density at radius 1 is 1.16 bits per heavy atom. The molecule has 2 aliphatic rings. The fraction of sp³-hybridized carbons (Fsp3) is 0.588. The largest absolute Gasteiger partial charge is 0.335 e. The molecule has 0 N–H and O–H groups in total. The Balaban J connectivity index is 1.97. The minimum absolute atomic E-state index is 0.0115. The lowest BCUT2D eigenvalue weighted by molar-refractivity contribution is -0.394. The van der Waals surface area contributed by atoms with E-state index in [-0.39, 0.29) is 22.4 Å². The molecule has 2 bridgehead atoms. The molecular formula is C17H21N3O5. The van der Waals surface area contributed by atoms with Crippen molar-refractivity contribution in [2.45, 2.75) is 46.1 Å². The first-order valence-corrected chi connectivity index (χ1v) is 8.25. The van der Waals surface area contributed by atoms with E-state index in [1.807, 2.05) is 0 Å². The summed E-state index contributed by atoms with van der Waals surface area (Å²) < 4.78 is 0. The predicted molar refractivity (Wildman–Crippen MR) is 90.3 cm³/mol. The quantitative estimate of drug-likeness (QED) is 0.614. The highest BCUT2D eigenvalue weighted by Gasteiger charge is 2.51. The van der Waals surface area contributed by atoms with Gasteiger partial charge in [0.1, 0.15) is 5.56 Å². The van der Waals surface area contributed by atoms with Crippen molar-refractivity contribution in [2.75, 3.05) is 6.54 Å². The number of hydrogen-bond acceptors (Lipinski definition) is 5. The van der Waals surface area contributed by atoms with Crippen molar-refractivity contribution in [3.05, 3.63) is 44.0 Å². The van der Waals surface area contributed by atoms with E-state index in [0.717, 1.165) is 31.4 Å². The number of non-ortho nitro benzene ring substituents is 1. The van der Waals surface area contributed by atoms with Crippen LogP contribution in [0.2, 0.25) is 0 Å². The second kappa shape index (κ2) is 5.50. The molecule has 0 spiro atoms. The fourth-order valence-electron chi connectivity index (χ4n) is 4.82. The molecular weight excluding hydrogens is 326 g/mol. The van der Waals surface area contributed by atoms with Crippen LogP contribution < -0.4 is 0 Å². The van der Waals surface area contributed by atoms with Gasteiger partial charge in [0.05, 0.1) is 15.9 Å². The molecule has 1 aliphatic heterocycles. The van der Waals surface area contributed by atoms with Crippen molar-refractivity contribution < 1.29 is 14.6 Å². The lowest BCUT2D eigenvalue weighted by Crippen LogP contribution is -2.38. The minimum Gasteiger partial charge on any atom is -0.335 e. The van der Waals surface area contributed by atoms with Gasteiger partial charge in [-0.05, 0) is 36.2 Å². The molecule has 1 saturated heterocycles. The van der Waals surface area contributed by atoms with Gasteiger partial charge in [-0.25, -0.2) is 0 Å². The first kappa shape index (κ1) is 17.3. The van der Waals surface area contributed by atoms with Gasteiger partial charge in [0.15, 0.2) is 0 Å². The summed E-state index contributed by atoms with van der Waals surface area (Å²) in [5.74, 6) is -0.409. The summed E-state index contributed by atoms with van der Waals surface area (Å²) >= 11 is 0. The van der Waals surface area contributed by atoms with E-state index in [9.17, 15) is 25.0 Å². The van der Waals surface area contributed by atoms with Gasteiger partial charge in [0.2, 0.25) is 0 Å². The molecule has 0 aromatic heterocycles. The van der Waals surface area contributed by atoms with Crippen LogP contribution in [-0.2, 0) is 0 Å². The van der Waals surface area contributed by atoms with Gasteiger partial charge < -0.3 is 4.90 Å². The van der Waals surface area contributed by atoms with E-state index in [1.54, 1.807) is 4.90 Å². The standard InChI is InChI=1S/C17H21N3O5/c1-16(2)7-12-8-17(3,9-16)10-18(12)15(21)13-5-4-11(19(22)23)6-14(13)20(24)25/h4-6,12H,7-10H2,1-3H3/t12-,17-/m0/s1. The molecule has 1 amide bonds. The van der Waals surface area contributed by atoms with Gasteiger partial charge in [-0.3, -0.25) is 25.0 Å². The Kier molecular flexibility index (Phi) is 3.81. The predicted octanol–water partition coefficient (Wildman–Crippen LogP) is 3.54. The van der Waals surface area contributed by atoms with E-state index in [1.165, 1.54) is 6.07 Å². The lowest BCUT2D eigenvalue weighted by Gasteiger charge is -2.39. The molecule has 1 heterocycles.